The molecule has 0 aliphatic carbocycles. The molecule has 4 rings (SSSR count). The van der Waals surface area contributed by atoms with Gasteiger partial charge in [0.1, 0.15) is 5.82 Å². The van der Waals surface area contributed by atoms with E-state index < -0.39 is 0 Å². The summed E-state index contributed by atoms with van der Waals surface area (Å²) in [6.07, 6.45) is 5.37. The maximum absolute atomic E-state index is 13.2. The van der Waals surface area contributed by atoms with Crippen molar-refractivity contribution in [2.75, 3.05) is 27.3 Å². The highest BCUT2D eigenvalue weighted by atomic mass is 16.5. The minimum atomic E-state index is 0.0619. The molecule has 0 spiro atoms. The molecule has 1 amide bonds. The maximum atomic E-state index is 13.2. The number of nitrogens with one attached hydrogen (secondary N) is 1. The van der Waals surface area contributed by atoms with Gasteiger partial charge in [-0.25, -0.2) is 4.98 Å². The first-order valence-electron chi connectivity index (χ1n) is 9.78. The van der Waals surface area contributed by atoms with Crippen LogP contribution in [0.1, 0.15) is 22.3 Å². The molecule has 0 bridgehead atoms. The second kappa shape index (κ2) is 8.39. The summed E-state index contributed by atoms with van der Waals surface area (Å²) in [7, 11) is 3.28. The summed E-state index contributed by atoms with van der Waals surface area (Å²) in [5.74, 6) is 2.67. The number of aromatic amines is 1. The van der Waals surface area contributed by atoms with Gasteiger partial charge in [0.15, 0.2) is 11.5 Å². The molecule has 0 saturated carbocycles. The molecule has 1 atom stereocenters. The first-order valence-corrected chi connectivity index (χ1v) is 9.78. The van der Waals surface area contributed by atoms with Crippen molar-refractivity contribution in [3.8, 4) is 22.9 Å². The van der Waals surface area contributed by atoms with Crippen LogP contribution < -0.4 is 9.47 Å². The molecule has 1 saturated heterocycles. The van der Waals surface area contributed by atoms with Crippen LogP contribution in [0.4, 0.5) is 0 Å². The molecule has 3 aromatic rings. The number of carbonyl (C=O) groups excluding carboxylic acids is 1. The minimum absolute atomic E-state index is 0.0619. The van der Waals surface area contributed by atoms with Crippen LogP contribution in [0.25, 0.3) is 11.4 Å². The molecule has 1 N–H and O–H groups in total. The van der Waals surface area contributed by atoms with E-state index in [1.807, 2.05) is 41.3 Å². The highest BCUT2D eigenvalue weighted by molar-refractivity contribution is 6.00. The third-order valence-corrected chi connectivity index (χ3v) is 5.46. The van der Waals surface area contributed by atoms with Crippen LogP contribution >= 0.6 is 0 Å². The number of carbonyl (C=O) groups is 1. The Bertz CT molecular complexity index is 985. The fourth-order valence-electron chi connectivity index (χ4n) is 3.98. The second-order valence-electron chi connectivity index (χ2n) is 7.28. The zero-order chi connectivity index (χ0) is 20.2. The number of hydrogen-bond acceptors (Lipinski definition) is 4. The Morgan fingerprint density at radius 3 is 2.76 bits per heavy atom. The summed E-state index contributed by atoms with van der Waals surface area (Å²) >= 11 is 0. The Hall–Kier alpha value is -3.28. The summed E-state index contributed by atoms with van der Waals surface area (Å²) in [5, 5.41) is 0. The molecule has 1 fully saturated rings. The number of methoxy groups -OCH3 is 2. The van der Waals surface area contributed by atoms with Gasteiger partial charge in [-0.1, -0.05) is 24.3 Å². The number of amides is 1. The largest absolute Gasteiger partial charge is 0.493 e. The van der Waals surface area contributed by atoms with Gasteiger partial charge >= 0.3 is 0 Å². The predicted octanol–water partition coefficient (Wildman–Crippen LogP) is 3.80. The smallest absolute Gasteiger partial charge is 0.254 e. The fraction of sp³-hybridized carbons (Fsp3) is 0.304. The summed E-state index contributed by atoms with van der Waals surface area (Å²) in [6.45, 7) is 1.52. The Kier molecular flexibility index (Phi) is 5.51. The molecule has 150 valence electrons. The van der Waals surface area contributed by atoms with Gasteiger partial charge in [-0.2, -0.15) is 0 Å². The number of rotatable bonds is 6. The van der Waals surface area contributed by atoms with E-state index in [2.05, 4.69) is 16.0 Å². The lowest BCUT2D eigenvalue weighted by molar-refractivity contribution is 0.0788. The number of H-pyrrole nitrogens is 1. The number of aromatic nitrogens is 2. The average molecular weight is 391 g/mol. The second-order valence-corrected chi connectivity index (χ2v) is 7.28. The number of hydrogen-bond donors (Lipinski definition) is 1. The number of imidazole rings is 1. The van der Waals surface area contributed by atoms with E-state index in [-0.39, 0.29) is 5.91 Å². The third kappa shape index (κ3) is 3.97. The van der Waals surface area contributed by atoms with Crippen molar-refractivity contribution >= 4 is 5.91 Å². The van der Waals surface area contributed by atoms with Gasteiger partial charge in [0, 0.05) is 31.0 Å². The Morgan fingerprint density at radius 2 is 2.00 bits per heavy atom. The van der Waals surface area contributed by atoms with Gasteiger partial charge in [0.05, 0.1) is 19.8 Å². The predicted molar refractivity (Wildman–Crippen MR) is 111 cm³/mol. The first-order chi connectivity index (χ1) is 14.2. The topological polar surface area (TPSA) is 67.5 Å². The molecule has 29 heavy (non-hydrogen) atoms. The van der Waals surface area contributed by atoms with Crippen molar-refractivity contribution in [2.24, 2.45) is 5.92 Å². The monoisotopic (exact) mass is 391 g/mol. The summed E-state index contributed by atoms with van der Waals surface area (Å²) < 4.78 is 10.7. The zero-order valence-electron chi connectivity index (χ0n) is 16.7. The summed E-state index contributed by atoms with van der Waals surface area (Å²) in [6, 6.07) is 13.7. The van der Waals surface area contributed by atoms with E-state index >= 15 is 0 Å². The van der Waals surface area contributed by atoms with Gasteiger partial charge in [-0.3, -0.25) is 4.79 Å². The molecule has 0 radical (unpaired) electrons. The van der Waals surface area contributed by atoms with E-state index in [0.717, 1.165) is 48.8 Å². The van der Waals surface area contributed by atoms with Crippen LogP contribution in [0.5, 0.6) is 11.5 Å². The van der Waals surface area contributed by atoms with E-state index in [1.54, 1.807) is 26.6 Å². The molecule has 6 heteroatoms. The van der Waals surface area contributed by atoms with Gasteiger partial charge in [-0.15, -0.1) is 0 Å². The fourth-order valence-corrected chi connectivity index (χ4v) is 3.98. The number of nitrogens with zero attached hydrogens (tertiary/aromatic N) is 2. The van der Waals surface area contributed by atoms with Crippen LogP contribution in [-0.2, 0) is 6.42 Å². The highest BCUT2D eigenvalue weighted by Gasteiger charge is 2.28. The van der Waals surface area contributed by atoms with E-state index in [9.17, 15) is 4.79 Å². The third-order valence-electron chi connectivity index (χ3n) is 5.46. The summed E-state index contributed by atoms with van der Waals surface area (Å²) in [5.41, 5.74) is 2.72. The molecule has 6 nitrogen and oxygen atoms in total. The molecule has 1 aliphatic rings. The molecular formula is C23H25N3O3. The van der Waals surface area contributed by atoms with Crippen LogP contribution in [-0.4, -0.2) is 48.1 Å². The summed E-state index contributed by atoms with van der Waals surface area (Å²) in [4.78, 5) is 22.6. The number of likely N-dealkylation sites (tertiary alicyclic amines) is 1. The van der Waals surface area contributed by atoms with Gasteiger partial charge in [-0.05, 0) is 42.5 Å². The zero-order valence-corrected chi connectivity index (χ0v) is 16.7. The molecular weight excluding hydrogens is 366 g/mol. The number of benzene rings is 2. The number of ether oxygens (including phenoxy) is 2. The van der Waals surface area contributed by atoms with Crippen molar-refractivity contribution in [3.63, 3.8) is 0 Å². The highest BCUT2D eigenvalue weighted by Crippen LogP contribution is 2.31. The van der Waals surface area contributed by atoms with Crippen molar-refractivity contribution in [3.05, 3.63) is 66.0 Å². The molecule has 1 aromatic heterocycles. The average Bonchev–Trinajstić information content (AvgIpc) is 3.45. The maximum Gasteiger partial charge on any atom is 0.254 e. The van der Waals surface area contributed by atoms with Crippen LogP contribution in [0, 0.1) is 5.92 Å². The Morgan fingerprint density at radius 1 is 1.17 bits per heavy atom. The van der Waals surface area contributed by atoms with E-state index in [1.165, 1.54) is 5.56 Å². The normalized spacial score (nSPS) is 16.1. The van der Waals surface area contributed by atoms with E-state index in [0.29, 0.717) is 11.5 Å². The van der Waals surface area contributed by atoms with Crippen molar-refractivity contribution in [1.29, 1.82) is 0 Å². The molecule has 1 aliphatic heterocycles. The molecule has 2 heterocycles. The van der Waals surface area contributed by atoms with Gasteiger partial charge in [0.2, 0.25) is 0 Å². The lowest BCUT2D eigenvalue weighted by Crippen LogP contribution is -2.29. The SMILES string of the molecule is COc1ccc(CC2CCN(C(=O)c3ccccc3-c3ncc[nH]3)C2)cc1OC. The van der Waals surface area contributed by atoms with Crippen LogP contribution in [0.15, 0.2) is 54.9 Å². The van der Waals surface area contributed by atoms with Crippen LogP contribution in [0.3, 0.4) is 0 Å². The van der Waals surface area contributed by atoms with Gasteiger partial charge in [0.25, 0.3) is 5.91 Å². The lowest BCUT2D eigenvalue weighted by atomic mass is 9.98. The van der Waals surface area contributed by atoms with Crippen molar-refractivity contribution < 1.29 is 14.3 Å². The van der Waals surface area contributed by atoms with Crippen molar-refractivity contribution in [2.45, 2.75) is 12.8 Å². The minimum Gasteiger partial charge on any atom is -0.493 e. The lowest BCUT2D eigenvalue weighted by Gasteiger charge is -2.18. The van der Waals surface area contributed by atoms with Crippen molar-refractivity contribution in [1.82, 2.24) is 14.9 Å². The quantitative estimate of drug-likeness (QED) is 0.694. The molecule has 2 aromatic carbocycles. The molecule has 1 unspecified atom stereocenters. The Balaban J connectivity index is 1.46. The Labute approximate surface area is 170 Å². The van der Waals surface area contributed by atoms with Crippen LogP contribution in [0.2, 0.25) is 0 Å². The van der Waals surface area contributed by atoms with Gasteiger partial charge < -0.3 is 19.4 Å². The van der Waals surface area contributed by atoms with E-state index in [4.69, 9.17) is 9.47 Å². The first kappa shape index (κ1) is 19.1. The standard InChI is InChI=1S/C23H25N3O3/c1-28-20-8-7-16(14-21(20)29-2)13-17-9-12-26(15-17)23(27)19-6-4-3-5-18(19)22-24-10-11-25-22/h3-8,10-11,14,17H,9,12-13,15H2,1-2H3,(H,24,25).